The second-order valence-corrected chi connectivity index (χ2v) is 6.87. The van der Waals surface area contributed by atoms with Crippen LogP contribution in [-0.2, 0) is 16.1 Å². The Hall–Kier alpha value is -2.33. The lowest BCUT2D eigenvalue weighted by atomic mass is 10.0. The predicted molar refractivity (Wildman–Crippen MR) is 98.0 cm³/mol. The number of hydrogen-bond acceptors (Lipinski definition) is 2. The maximum absolute atomic E-state index is 12.6. The van der Waals surface area contributed by atoms with Crippen molar-refractivity contribution in [3.8, 4) is 0 Å². The van der Waals surface area contributed by atoms with E-state index in [-0.39, 0.29) is 17.9 Å². The van der Waals surface area contributed by atoms with Gasteiger partial charge in [0.15, 0.2) is 0 Å². The van der Waals surface area contributed by atoms with Crippen LogP contribution in [0.15, 0.2) is 54.6 Å². The van der Waals surface area contributed by atoms with Crippen molar-refractivity contribution in [3.05, 3.63) is 70.7 Å². The highest BCUT2D eigenvalue weighted by molar-refractivity contribution is 6.31. The summed E-state index contributed by atoms with van der Waals surface area (Å²) in [5.41, 5.74) is 0.916. The third kappa shape index (κ3) is 3.85. The lowest BCUT2D eigenvalue weighted by molar-refractivity contribution is -0.137. The fourth-order valence-electron chi connectivity index (χ4n) is 2.83. The number of halogens is 1. The van der Waals surface area contributed by atoms with Crippen LogP contribution >= 0.6 is 11.6 Å². The average Bonchev–Trinajstić information content (AvgIpc) is 3.43. The monoisotopic (exact) mass is 356 g/mol. The second kappa shape index (κ2) is 7.28. The van der Waals surface area contributed by atoms with E-state index in [0.717, 1.165) is 11.1 Å². The van der Waals surface area contributed by atoms with Gasteiger partial charge in [-0.3, -0.25) is 9.59 Å². The quantitative estimate of drug-likeness (QED) is 0.777. The van der Waals surface area contributed by atoms with Crippen LogP contribution in [0.2, 0.25) is 5.02 Å². The van der Waals surface area contributed by atoms with Gasteiger partial charge in [-0.2, -0.15) is 0 Å². The molecule has 3 rings (SSSR count). The Kier molecular flexibility index (Phi) is 5.09. The van der Waals surface area contributed by atoms with Crippen LogP contribution in [0.3, 0.4) is 0 Å². The first-order valence-electron chi connectivity index (χ1n) is 8.40. The maximum Gasteiger partial charge on any atom is 0.236 e. The molecule has 2 aromatic rings. The molecule has 1 aliphatic carbocycles. The van der Waals surface area contributed by atoms with Crippen molar-refractivity contribution in [2.75, 3.05) is 0 Å². The molecule has 0 spiro atoms. The number of hydrogen-bond donors (Lipinski definition) is 2. The standard InChI is InChI=1S/C20H21ClN2O2/c1-14(15-7-3-2-4-8-15)23-19(25)20(11-12-20)18(24)22-13-16-9-5-6-10-17(16)21/h2-10,14H,11-13H2,1H3,(H,22,24)(H,23,25). The van der Waals surface area contributed by atoms with Crippen molar-refractivity contribution in [1.29, 1.82) is 0 Å². The number of nitrogens with one attached hydrogen (secondary N) is 2. The molecule has 0 bridgehead atoms. The summed E-state index contributed by atoms with van der Waals surface area (Å²) in [5, 5.41) is 6.42. The summed E-state index contributed by atoms with van der Waals surface area (Å²) in [7, 11) is 0. The van der Waals surface area contributed by atoms with Gasteiger partial charge in [0.1, 0.15) is 5.41 Å². The zero-order valence-corrected chi connectivity index (χ0v) is 14.8. The average molecular weight is 357 g/mol. The van der Waals surface area contributed by atoms with E-state index in [9.17, 15) is 9.59 Å². The van der Waals surface area contributed by atoms with Gasteiger partial charge in [-0.15, -0.1) is 0 Å². The molecule has 5 heteroatoms. The number of benzene rings is 2. The number of carbonyl (C=O) groups excluding carboxylic acids is 2. The van der Waals surface area contributed by atoms with E-state index in [1.807, 2.05) is 55.5 Å². The molecule has 2 aromatic carbocycles. The third-order valence-corrected chi connectivity index (χ3v) is 5.03. The first-order valence-corrected chi connectivity index (χ1v) is 8.78. The topological polar surface area (TPSA) is 58.2 Å². The van der Waals surface area contributed by atoms with Gasteiger partial charge in [-0.25, -0.2) is 0 Å². The van der Waals surface area contributed by atoms with E-state index in [1.165, 1.54) is 0 Å². The van der Waals surface area contributed by atoms with Crippen LogP contribution in [0.25, 0.3) is 0 Å². The summed E-state index contributed by atoms with van der Waals surface area (Å²) in [6.07, 6.45) is 1.16. The molecule has 4 nitrogen and oxygen atoms in total. The molecule has 130 valence electrons. The minimum absolute atomic E-state index is 0.137. The van der Waals surface area contributed by atoms with E-state index in [2.05, 4.69) is 10.6 Å². The minimum atomic E-state index is -0.940. The highest BCUT2D eigenvalue weighted by Gasteiger charge is 2.56. The molecule has 2 N–H and O–H groups in total. The number of amides is 2. The minimum Gasteiger partial charge on any atom is -0.351 e. The Morgan fingerprint density at radius 2 is 1.68 bits per heavy atom. The molecule has 0 aromatic heterocycles. The van der Waals surface area contributed by atoms with Crippen LogP contribution in [0.4, 0.5) is 0 Å². The third-order valence-electron chi connectivity index (χ3n) is 4.66. The highest BCUT2D eigenvalue weighted by atomic mass is 35.5. The summed E-state index contributed by atoms with van der Waals surface area (Å²) >= 11 is 6.11. The second-order valence-electron chi connectivity index (χ2n) is 6.46. The van der Waals surface area contributed by atoms with Crippen LogP contribution in [0.5, 0.6) is 0 Å². The molecule has 25 heavy (non-hydrogen) atoms. The molecule has 1 saturated carbocycles. The summed E-state index contributed by atoms with van der Waals surface area (Å²) in [6, 6.07) is 16.9. The largest absolute Gasteiger partial charge is 0.351 e. The van der Waals surface area contributed by atoms with Crippen LogP contribution in [0, 0.1) is 5.41 Å². The molecule has 2 amide bonds. The fraction of sp³-hybridized carbons (Fsp3) is 0.300. The number of rotatable bonds is 6. The molecule has 1 unspecified atom stereocenters. The van der Waals surface area contributed by atoms with E-state index >= 15 is 0 Å². The number of carbonyl (C=O) groups is 2. The summed E-state index contributed by atoms with van der Waals surface area (Å²) in [6.45, 7) is 2.24. The lowest BCUT2D eigenvalue weighted by Gasteiger charge is -2.20. The van der Waals surface area contributed by atoms with Crippen LogP contribution in [0.1, 0.15) is 36.9 Å². The van der Waals surface area contributed by atoms with Gasteiger partial charge in [0, 0.05) is 11.6 Å². The molecule has 0 radical (unpaired) electrons. The van der Waals surface area contributed by atoms with Crippen LogP contribution < -0.4 is 10.6 Å². The van der Waals surface area contributed by atoms with E-state index in [4.69, 9.17) is 11.6 Å². The van der Waals surface area contributed by atoms with Gasteiger partial charge in [-0.1, -0.05) is 60.1 Å². The fourth-order valence-corrected chi connectivity index (χ4v) is 3.03. The summed E-state index contributed by atoms with van der Waals surface area (Å²) in [4.78, 5) is 25.2. The van der Waals surface area contributed by atoms with Gasteiger partial charge in [-0.05, 0) is 37.0 Å². The highest BCUT2D eigenvalue weighted by Crippen LogP contribution is 2.46. The summed E-state index contributed by atoms with van der Waals surface area (Å²) in [5.74, 6) is -0.439. The Balaban J connectivity index is 1.60. The molecule has 1 fully saturated rings. The van der Waals surface area contributed by atoms with Crippen molar-refractivity contribution in [1.82, 2.24) is 10.6 Å². The Bertz CT molecular complexity index is 772. The molecule has 0 heterocycles. The lowest BCUT2D eigenvalue weighted by Crippen LogP contribution is -2.43. The Labute approximate surface area is 152 Å². The first kappa shape index (κ1) is 17.5. The molecule has 0 saturated heterocycles. The SMILES string of the molecule is CC(NC(=O)C1(C(=O)NCc2ccccc2Cl)CC1)c1ccccc1. The smallest absolute Gasteiger partial charge is 0.236 e. The molecular weight excluding hydrogens is 336 g/mol. The van der Waals surface area contributed by atoms with E-state index in [0.29, 0.717) is 24.4 Å². The van der Waals surface area contributed by atoms with Gasteiger partial charge in [0.25, 0.3) is 0 Å². The van der Waals surface area contributed by atoms with Crippen molar-refractivity contribution < 1.29 is 9.59 Å². The Morgan fingerprint density at radius 1 is 1.04 bits per heavy atom. The summed E-state index contributed by atoms with van der Waals surface area (Å²) < 4.78 is 0. The molecular formula is C20H21ClN2O2. The van der Waals surface area contributed by atoms with Crippen molar-refractivity contribution in [2.45, 2.75) is 32.4 Å². The zero-order chi connectivity index (χ0) is 17.9. The van der Waals surface area contributed by atoms with Crippen molar-refractivity contribution in [3.63, 3.8) is 0 Å². The molecule has 1 aliphatic rings. The van der Waals surface area contributed by atoms with Crippen LogP contribution in [-0.4, -0.2) is 11.8 Å². The van der Waals surface area contributed by atoms with E-state index in [1.54, 1.807) is 6.07 Å². The van der Waals surface area contributed by atoms with Gasteiger partial charge >= 0.3 is 0 Å². The van der Waals surface area contributed by atoms with Gasteiger partial charge in [0.2, 0.25) is 11.8 Å². The predicted octanol–water partition coefficient (Wildman–Crippen LogP) is 3.61. The van der Waals surface area contributed by atoms with Gasteiger partial charge in [0.05, 0.1) is 6.04 Å². The normalized spacial score (nSPS) is 15.9. The molecule has 0 aliphatic heterocycles. The molecule has 1 atom stereocenters. The Morgan fingerprint density at radius 3 is 2.32 bits per heavy atom. The van der Waals surface area contributed by atoms with Crippen molar-refractivity contribution >= 4 is 23.4 Å². The first-order chi connectivity index (χ1) is 12.0. The maximum atomic E-state index is 12.6. The van der Waals surface area contributed by atoms with E-state index < -0.39 is 5.41 Å². The zero-order valence-electron chi connectivity index (χ0n) is 14.1. The van der Waals surface area contributed by atoms with Gasteiger partial charge < -0.3 is 10.6 Å². The van der Waals surface area contributed by atoms with Crippen molar-refractivity contribution in [2.24, 2.45) is 5.41 Å².